The van der Waals surface area contributed by atoms with E-state index in [0.717, 1.165) is 12.1 Å². The van der Waals surface area contributed by atoms with E-state index in [-0.39, 0.29) is 41.3 Å². The Labute approximate surface area is 197 Å². The minimum atomic E-state index is -0.984. The molecular weight excluding hydrogens is 468 g/mol. The lowest BCUT2D eigenvalue weighted by Crippen LogP contribution is -2.36. The fourth-order valence-corrected chi connectivity index (χ4v) is 3.89. The third kappa shape index (κ3) is 4.48. The number of carbonyl (C=O) groups excluding carboxylic acids is 1. The first-order valence-electron chi connectivity index (χ1n) is 10.6. The van der Waals surface area contributed by atoms with E-state index >= 15 is 4.39 Å². The van der Waals surface area contributed by atoms with Crippen LogP contribution >= 0.6 is 0 Å². The van der Waals surface area contributed by atoms with Gasteiger partial charge in [-0.25, -0.2) is 17.6 Å². The van der Waals surface area contributed by atoms with Gasteiger partial charge in [0.05, 0.1) is 41.4 Å². The van der Waals surface area contributed by atoms with Crippen LogP contribution in [0.15, 0.2) is 42.7 Å². The SMILES string of the molecule is CCOc1c(-c2cc(F)cc(F)c2)ccc(C(=O)N(C)Cc2c[n+](O)c(CF)c3cn[nH]c23)c1F. The number of hydrogen-bond donors (Lipinski definition) is 2. The molecule has 0 fully saturated rings. The Kier molecular flexibility index (Phi) is 6.59. The van der Waals surface area contributed by atoms with E-state index in [4.69, 9.17) is 4.74 Å². The van der Waals surface area contributed by atoms with E-state index in [1.807, 2.05) is 0 Å². The Hall–Kier alpha value is -4.15. The minimum Gasteiger partial charge on any atom is -0.490 e. The van der Waals surface area contributed by atoms with Crippen molar-refractivity contribution in [3.05, 3.63) is 77.0 Å². The Morgan fingerprint density at radius 2 is 1.91 bits per heavy atom. The third-order valence-electron chi connectivity index (χ3n) is 5.50. The number of nitrogens with zero attached hydrogens (tertiary/aromatic N) is 3. The molecule has 11 heteroatoms. The summed E-state index contributed by atoms with van der Waals surface area (Å²) in [6.07, 6.45) is 2.59. The number of rotatable bonds is 7. The Morgan fingerprint density at radius 3 is 2.57 bits per heavy atom. The Morgan fingerprint density at radius 1 is 1.20 bits per heavy atom. The van der Waals surface area contributed by atoms with Gasteiger partial charge in [0, 0.05) is 23.4 Å². The molecule has 0 atom stereocenters. The second-order valence-electron chi connectivity index (χ2n) is 7.79. The number of aromatic nitrogens is 3. The van der Waals surface area contributed by atoms with E-state index in [2.05, 4.69) is 10.2 Å². The molecule has 0 aliphatic heterocycles. The van der Waals surface area contributed by atoms with E-state index in [9.17, 15) is 23.2 Å². The number of alkyl halides is 1. The molecule has 0 unspecified atom stereocenters. The standard InChI is InChI=1S/C24H20F4N4O3/c1-3-35-23-17(13-6-15(26)8-16(27)7-13)4-5-18(21(23)28)24(33)31(2)11-14-12-32(34)20(9-25)19-10-29-30-22(14)19/h4-8,10,12,34H,3,9,11H2,1-2H3/p+1. The van der Waals surface area contributed by atoms with Crippen LogP contribution in [0.3, 0.4) is 0 Å². The van der Waals surface area contributed by atoms with E-state index < -0.39 is 30.0 Å². The van der Waals surface area contributed by atoms with Crippen LogP contribution in [0, 0.1) is 17.5 Å². The summed E-state index contributed by atoms with van der Waals surface area (Å²) < 4.78 is 62.2. The molecule has 0 aliphatic rings. The normalized spacial score (nSPS) is 11.1. The van der Waals surface area contributed by atoms with E-state index in [0.29, 0.717) is 27.3 Å². The quantitative estimate of drug-likeness (QED) is 0.230. The van der Waals surface area contributed by atoms with Crippen molar-refractivity contribution in [1.82, 2.24) is 15.1 Å². The molecule has 2 aromatic heterocycles. The van der Waals surface area contributed by atoms with Gasteiger partial charge >= 0.3 is 0 Å². The highest BCUT2D eigenvalue weighted by Crippen LogP contribution is 2.35. The van der Waals surface area contributed by atoms with Crippen LogP contribution in [0.1, 0.15) is 28.5 Å². The third-order valence-corrected chi connectivity index (χ3v) is 5.50. The van der Waals surface area contributed by atoms with E-state index in [1.54, 1.807) is 6.92 Å². The zero-order chi connectivity index (χ0) is 25.3. The molecule has 35 heavy (non-hydrogen) atoms. The lowest BCUT2D eigenvalue weighted by molar-refractivity contribution is -0.909. The Bertz CT molecular complexity index is 1400. The number of H-pyrrole nitrogens is 1. The molecule has 2 aromatic carbocycles. The molecule has 0 aliphatic carbocycles. The molecule has 2 N–H and O–H groups in total. The van der Waals surface area contributed by atoms with Crippen molar-refractivity contribution in [2.24, 2.45) is 0 Å². The molecule has 0 spiro atoms. The van der Waals surface area contributed by atoms with Crippen LogP contribution in [0.4, 0.5) is 17.6 Å². The Balaban J connectivity index is 1.70. The molecule has 4 rings (SSSR count). The van der Waals surface area contributed by atoms with Crippen molar-refractivity contribution in [3.8, 4) is 16.9 Å². The molecule has 0 bridgehead atoms. The van der Waals surface area contributed by atoms with Crippen LogP contribution in [0.2, 0.25) is 0 Å². The van der Waals surface area contributed by atoms with Gasteiger partial charge in [-0.05, 0) is 36.8 Å². The predicted octanol–water partition coefficient (Wildman–Crippen LogP) is 4.31. The van der Waals surface area contributed by atoms with Gasteiger partial charge in [-0.2, -0.15) is 5.10 Å². The second-order valence-corrected chi connectivity index (χ2v) is 7.79. The number of aromatic amines is 1. The number of carbonyl (C=O) groups is 1. The van der Waals surface area contributed by atoms with Crippen molar-refractivity contribution in [2.45, 2.75) is 20.1 Å². The number of ether oxygens (including phenoxy) is 1. The predicted molar refractivity (Wildman–Crippen MR) is 117 cm³/mol. The van der Waals surface area contributed by atoms with Crippen molar-refractivity contribution < 1.29 is 37.0 Å². The molecule has 0 saturated carbocycles. The number of benzene rings is 2. The zero-order valence-corrected chi connectivity index (χ0v) is 18.8. The summed E-state index contributed by atoms with van der Waals surface area (Å²) in [7, 11) is 1.42. The fourth-order valence-electron chi connectivity index (χ4n) is 3.89. The van der Waals surface area contributed by atoms with Crippen LogP contribution < -0.4 is 9.47 Å². The molecule has 2 heterocycles. The topological polar surface area (TPSA) is 82.3 Å². The smallest absolute Gasteiger partial charge is 0.275 e. The lowest BCUT2D eigenvalue weighted by atomic mass is 10.0. The van der Waals surface area contributed by atoms with Gasteiger partial charge in [-0.1, -0.05) is 0 Å². The highest BCUT2D eigenvalue weighted by Gasteiger charge is 2.26. The summed E-state index contributed by atoms with van der Waals surface area (Å²) in [5.74, 6) is -3.69. The maximum absolute atomic E-state index is 15.5. The fraction of sp³-hybridized carbons (Fsp3) is 0.208. The molecule has 0 radical (unpaired) electrons. The van der Waals surface area contributed by atoms with Gasteiger partial charge in [0.25, 0.3) is 11.6 Å². The number of amides is 1. The average molecular weight is 489 g/mol. The summed E-state index contributed by atoms with van der Waals surface area (Å²) in [5.41, 5.74) is 0.633. The maximum Gasteiger partial charge on any atom is 0.275 e. The number of hydrogen-bond acceptors (Lipinski definition) is 4. The van der Waals surface area contributed by atoms with Gasteiger partial charge in [0.15, 0.2) is 18.2 Å². The van der Waals surface area contributed by atoms with Gasteiger partial charge < -0.3 is 9.64 Å². The van der Waals surface area contributed by atoms with Gasteiger partial charge in [-0.3, -0.25) is 15.1 Å². The van der Waals surface area contributed by atoms with Crippen LogP contribution in [-0.4, -0.2) is 39.9 Å². The van der Waals surface area contributed by atoms with Gasteiger partial charge in [-0.15, -0.1) is 0 Å². The number of pyridine rings is 1. The summed E-state index contributed by atoms with van der Waals surface area (Å²) in [5, 5.41) is 17.0. The monoisotopic (exact) mass is 489 g/mol. The van der Waals surface area contributed by atoms with Gasteiger partial charge in [0.1, 0.15) is 11.6 Å². The molecule has 4 aromatic rings. The summed E-state index contributed by atoms with van der Waals surface area (Å²) in [6, 6.07) is 5.33. The van der Waals surface area contributed by atoms with Crippen molar-refractivity contribution in [2.75, 3.05) is 13.7 Å². The van der Waals surface area contributed by atoms with Crippen molar-refractivity contribution in [1.29, 1.82) is 0 Å². The van der Waals surface area contributed by atoms with Gasteiger partial charge in [0.2, 0.25) is 6.20 Å². The van der Waals surface area contributed by atoms with Crippen molar-refractivity contribution >= 4 is 16.8 Å². The highest BCUT2D eigenvalue weighted by atomic mass is 19.1. The van der Waals surface area contributed by atoms with Crippen LogP contribution in [-0.2, 0) is 13.2 Å². The first-order valence-corrected chi connectivity index (χ1v) is 10.6. The molecule has 182 valence electrons. The number of nitrogens with one attached hydrogen (secondary N) is 1. The molecule has 7 nitrogen and oxygen atoms in total. The maximum atomic E-state index is 15.5. The number of fused-ring (bicyclic) bond motifs is 1. The zero-order valence-electron chi connectivity index (χ0n) is 18.8. The highest BCUT2D eigenvalue weighted by molar-refractivity contribution is 5.96. The molecule has 1 amide bonds. The lowest BCUT2D eigenvalue weighted by Gasteiger charge is -2.19. The first kappa shape index (κ1) is 24.0. The summed E-state index contributed by atoms with van der Waals surface area (Å²) in [6.45, 7) is 0.640. The minimum absolute atomic E-state index is 0.0109. The largest absolute Gasteiger partial charge is 0.490 e. The number of halogens is 4. The van der Waals surface area contributed by atoms with E-state index in [1.165, 1.54) is 36.5 Å². The average Bonchev–Trinajstić information content (AvgIpc) is 3.29. The van der Waals surface area contributed by atoms with Crippen LogP contribution in [0.5, 0.6) is 5.75 Å². The van der Waals surface area contributed by atoms with Crippen LogP contribution in [0.25, 0.3) is 22.0 Å². The van der Waals surface area contributed by atoms with Crippen molar-refractivity contribution in [3.63, 3.8) is 0 Å². The second kappa shape index (κ2) is 9.61. The summed E-state index contributed by atoms with van der Waals surface area (Å²) in [4.78, 5) is 14.3. The first-order chi connectivity index (χ1) is 16.7. The molecule has 0 saturated heterocycles. The summed E-state index contributed by atoms with van der Waals surface area (Å²) >= 11 is 0. The molecular formula is C24H21F4N4O3+.